The maximum atomic E-state index is 14.6. The molecule has 0 saturated heterocycles. The predicted molar refractivity (Wildman–Crippen MR) is 249 cm³/mol. The second kappa shape index (κ2) is 30.9. The van der Waals surface area contributed by atoms with Crippen molar-refractivity contribution >= 4 is 84.7 Å². The number of pyridine rings is 2. The molecule has 17 nitrogen and oxygen atoms in total. The predicted octanol–water partition coefficient (Wildman–Crippen LogP) is 2.28. The molecule has 4 aromatic carbocycles. The van der Waals surface area contributed by atoms with Crippen molar-refractivity contribution in [3.63, 3.8) is 0 Å². The maximum Gasteiger partial charge on any atom is 1.00 e. The van der Waals surface area contributed by atoms with Gasteiger partial charge in [0.1, 0.15) is 39.7 Å². The molecule has 0 fully saturated rings. The Morgan fingerprint density at radius 2 is 1.10 bits per heavy atom. The van der Waals surface area contributed by atoms with Crippen molar-refractivity contribution in [2.45, 2.75) is 13.8 Å². The van der Waals surface area contributed by atoms with Crippen LogP contribution in [0.4, 0.5) is 13.2 Å². The normalized spacial score (nSPS) is 10.3. The van der Waals surface area contributed by atoms with Gasteiger partial charge in [0.2, 0.25) is 31.9 Å². The SMILES string of the molecule is COc1cc(C(=O)NS(C)(=O)=O)c(F)cc1-c1cnc(F)c(Cl)c1.COc1cc(C(=O)NS(C)(=O)=O)c(F)cc1-c1cnc(Oc2cccc(Cl)c2C)c(Cl)c1.Cc1c(O)cccc1Cl.O=CO[O-].[Cs+].[Cs+].[H-]. The third kappa shape index (κ3) is 20.7. The van der Waals surface area contributed by atoms with E-state index in [1.54, 1.807) is 59.7 Å². The fraction of sp³-hybridized carbons (Fsp3) is 0.140. The number of carbonyl (C=O) groups excluding carboxylic acids is 3. The molecule has 0 aliphatic heterocycles. The molecular formula is C43H37Cl4Cs2F3N4O13S2. The maximum absolute atomic E-state index is 14.6. The summed E-state index contributed by atoms with van der Waals surface area (Å²) in [7, 11) is -5.13. The van der Waals surface area contributed by atoms with E-state index in [0.29, 0.717) is 26.9 Å². The van der Waals surface area contributed by atoms with Crippen molar-refractivity contribution in [3.05, 3.63) is 145 Å². The summed E-state index contributed by atoms with van der Waals surface area (Å²) in [5, 5.41) is 18.4. The van der Waals surface area contributed by atoms with Crippen LogP contribution in [0.2, 0.25) is 20.1 Å². The number of methoxy groups -OCH3 is 2. The van der Waals surface area contributed by atoms with Gasteiger partial charge in [-0.15, -0.1) is 0 Å². The minimum atomic E-state index is -3.87. The van der Waals surface area contributed by atoms with Crippen molar-refractivity contribution in [1.29, 1.82) is 0 Å². The van der Waals surface area contributed by atoms with Crippen molar-refractivity contribution in [2.24, 2.45) is 0 Å². The number of amides is 2. The van der Waals surface area contributed by atoms with Crippen molar-refractivity contribution in [1.82, 2.24) is 19.4 Å². The summed E-state index contributed by atoms with van der Waals surface area (Å²) in [5.41, 5.74) is 1.49. The fourth-order valence-electron chi connectivity index (χ4n) is 5.31. The molecule has 28 heteroatoms. The number of phenols is 1. The molecule has 0 spiro atoms. The second-order valence-corrected chi connectivity index (χ2v) is 18.6. The molecule has 0 aliphatic carbocycles. The quantitative estimate of drug-likeness (QED) is 0.0729. The van der Waals surface area contributed by atoms with Gasteiger partial charge < -0.3 is 30.9 Å². The first-order chi connectivity index (χ1) is 32.2. The van der Waals surface area contributed by atoms with E-state index in [1.165, 1.54) is 32.5 Å². The van der Waals surface area contributed by atoms with Gasteiger partial charge in [0.05, 0.1) is 42.9 Å². The molecule has 0 saturated carbocycles. The number of hydrogen-bond acceptors (Lipinski definition) is 15. The van der Waals surface area contributed by atoms with Crippen molar-refractivity contribution in [3.8, 4) is 51.1 Å². The van der Waals surface area contributed by atoms with Gasteiger partial charge in [0, 0.05) is 55.8 Å². The molecule has 0 aliphatic rings. The topological polar surface area (TPSA) is 250 Å². The molecule has 0 atom stereocenters. The Morgan fingerprint density at radius 1 is 0.676 bits per heavy atom. The summed E-state index contributed by atoms with van der Waals surface area (Å²) in [6.45, 7) is 3.38. The van der Waals surface area contributed by atoms with Crippen molar-refractivity contribution < 1.29 is 213 Å². The van der Waals surface area contributed by atoms with E-state index >= 15 is 0 Å². The second-order valence-electron chi connectivity index (χ2n) is 13.5. The number of nitrogens with zero attached hydrogens (tertiary/aromatic N) is 2. The van der Waals surface area contributed by atoms with Crippen LogP contribution in [0.1, 0.15) is 33.3 Å². The molecule has 2 amide bonds. The smallest absolute Gasteiger partial charge is 1.00 e. The molecular weight excluding hydrogens is 1310 g/mol. The van der Waals surface area contributed by atoms with Crippen LogP contribution in [0.25, 0.3) is 22.3 Å². The number of aromatic nitrogens is 2. The number of rotatable bonds is 11. The van der Waals surface area contributed by atoms with Gasteiger partial charge >= 0.3 is 138 Å². The first-order valence-electron chi connectivity index (χ1n) is 18.6. The molecule has 6 rings (SSSR count). The first kappa shape index (κ1) is 66.7. The Labute approximate surface area is 544 Å². The Hall–Kier alpha value is -2.30. The molecule has 71 heavy (non-hydrogen) atoms. The summed E-state index contributed by atoms with van der Waals surface area (Å²) in [6, 6.07) is 17.1. The zero-order valence-corrected chi connectivity index (χ0v) is 55.6. The van der Waals surface area contributed by atoms with Crippen LogP contribution in [0, 0.1) is 31.4 Å². The largest absolute Gasteiger partial charge is 1.00 e. The number of aromatic hydroxyl groups is 1. The molecule has 2 heterocycles. The number of nitrogens with one attached hydrogen (secondary N) is 2. The summed E-state index contributed by atoms with van der Waals surface area (Å²) >= 11 is 23.7. The molecule has 0 unspecified atom stereocenters. The van der Waals surface area contributed by atoms with Crippen LogP contribution in [0.3, 0.4) is 0 Å². The third-order valence-corrected chi connectivity index (χ3v) is 11.0. The molecule has 0 bridgehead atoms. The number of halogens is 7. The number of ether oxygens (including phenoxy) is 3. The van der Waals surface area contributed by atoms with Gasteiger partial charge in [-0.05, 0) is 74.5 Å². The molecule has 2 aromatic heterocycles. The van der Waals surface area contributed by atoms with E-state index in [4.69, 9.17) is 75.8 Å². The van der Waals surface area contributed by atoms with E-state index in [2.05, 4.69) is 14.9 Å². The minimum Gasteiger partial charge on any atom is -1.00 e. The summed E-state index contributed by atoms with van der Waals surface area (Å²) in [6.07, 6.45) is 4.07. The van der Waals surface area contributed by atoms with Gasteiger partial charge in [-0.3, -0.25) is 14.4 Å². The fourth-order valence-corrected chi connectivity index (χ4v) is 6.91. The average molecular weight is 1350 g/mol. The van der Waals surface area contributed by atoms with Crippen LogP contribution < -0.4 is 167 Å². The molecule has 3 N–H and O–H groups in total. The standard InChI is InChI=1S/C21H17Cl2FN2O5S.C14H11ClF2N2O4S.C7H7ClO.CH2O3.2Cs.H/c1-11-15(22)5-4-6-18(11)31-21-16(23)7-12(10-25-21)13-8-17(24)14(9-19(13)30-2)20(27)26-32(3,28)29;1-23-12-5-9(14(20)19-24(2,21)22)11(16)4-8(12)7-3-10(15)13(17)18-6-7;1-5-6(8)3-2-4-7(5)9;2-1-4-3;;;/h4-10H,1-3H3,(H,26,27);3-6H,1-2H3,(H,19,20);2-4,9H,1H3;1,3H;;;/q;;;;2*+1;-1/p-1. The van der Waals surface area contributed by atoms with E-state index in [1.807, 2.05) is 0 Å². The number of benzene rings is 4. The summed E-state index contributed by atoms with van der Waals surface area (Å²) in [5.74, 6) is -4.08. The van der Waals surface area contributed by atoms with Crippen LogP contribution >= 0.6 is 46.4 Å². The van der Waals surface area contributed by atoms with Crippen LogP contribution in [0.5, 0.6) is 28.9 Å². The van der Waals surface area contributed by atoms with E-state index in [9.17, 15) is 39.6 Å². The number of carbonyl (C=O) groups is 3. The van der Waals surface area contributed by atoms with Gasteiger partial charge in [0.15, 0.2) is 0 Å². The number of phenolic OH excluding ortho intramolecular Hbond substituents is 1. The van der Waals surface area contributed by atoms with Gasteiger partial charge in [-0.25, -0.2) is 45.0 Å². The zero-order chi connectivity index (χ0) is 52.0. The van der Waals surface area contributed by atoms with Crippen LogP contribution in [-0.2, 0) is 29.7 Å². The summed E-state index contributed by atoms with van der Waals surface area (Å²) in [4.78, 5) is 42.8. The Balaban J connectivity index is 0.00000111. The Bertz CT molecular complexity index is 3100. The van der Waals surface area contributed by atoms with E-state index in [-0.39, 0.29) is 196 Å². The van der Waals surface area contributed by atoms with E-state index in [0.717, 1.165) is 48.5 Å². The number of hydrogen-bond donors (Lipinski definition) is 3. The molecule has 0 radical (unpaired) electrons. The van der Waals surface area contributed by atoms with Gasteiger partial charge in [0.25, 0.3) is 18.3 Å². The van der Waals surface area contributed by atoms with Gasteiger partial charge in [-0.2, -0.15) is 4.39 Å². The third-order valence-electron chi connectivity index (χ3n) is 8.55. The van der Waals surface area contributed by atoms with E-state index < -0.39 is 60.6 Å². The first-order valence-corrected chi connectivity index (χ1v) is 23.9. The van der Waals surface area contributed by atoms with Crippen molar-refractivity contribution in [2.75, 3.05) is 26.7 Å². The van der Waals surface area contributed by atoms with Crippen LogP contribution in [-0.4, -0.2) is 76.9 Å². The monoisotopic (exact) mass is 1340 g/mol. The Morgan fingerprint density at radius 3 is 1.48 bits per heavy atom. The molecule has 6 aromatic rings. The summed E-state index contributed by atoms with van der Waals surface area (Å²) < 4.78 is 106. The van der Waals surface area contributed by atoms with Crippen LogP contribution in [0.15, 0.2) is 85.2 Å². The van der Waals surface area contributed by atoms with Gasteiger partial charge in [-0.1, -0.05) is 58.5 Å². The number of sulfonamides is 2. The Kier molecular flexibility index (Phi) is 29.1. The minimum absolute atomic E-state index is 0. The molecule has 370 valence electrons. The average Bonchev–Trinajstić information content (AvgIpc) is 3.27. The zero-order valence-electron chi connectivity index (χ0n) is 39.4.